The third kappa shape index (κ3) is 5.09. The standard InChI is InChI=1S/C6H15P.Cu/c1-4-7(5-2)6-3;/h4-6H2,1-3H3;/q;+1. The molecule has 0 atom stereocenters. The van der Waals surface area contributed by atoms with Gasteiger partial charge in [0.1, 0.15) is 0 Å². The monoisotopic (exact) mass is 181 g/mol. The van der Waals surface area contributed by atoms with Gasteiger partial charge in [-0.2, -0.15) is 0 Å². The number of hydrogen-bond donors (Lipinski definition) is 0. The summed E-state index contributed by atoms with van der Waals surface area (Å²) in [6, 6.07) is 0. The van der Waals surface area contributed by atoms with Crippen molar-refractivity contribution >= 4 is 7.92 Å². The second-order valence-electron chi connectivity index (χ2n) is 1.62. The van der Waals surface area contributed by atoms with E-state index >= 15 is 0 Å². The van der Waals surface area contributed by atoms with E-state index in [9.17, 15) is 0 Å². The Morgan fingerprint density at radius 3 is 1.12 bits per heavy atom. The van der Waals surface area contributed by atoms with Crippen LogP contribution in [0.25, 0.3) is 0 Å². The Kier molecular flexibility index (Phi) is 11.6. The summed E-state index contributed by atoms with van der Waals surface area (Å²) in [5.74, 6) is 0. The zero-order valence-corrected chi connectivity index (χ0v) is 7.71. The molecule has 0 spiro atoms. The maximum Gasteiger partial charge on any atom is 1.00 e. The Morgan fingerprint density at radius 2 is 1.12 bits per heavy atom. The van der Waals surface area contributed by atoms with Gasteiger partial charge in [0.15, 0.2) is 0 Å². The molecule has 0 radical (unpaired) electrons. The summed E-state index contributed by atoms with van der Waals surface area (Å²) in [6.45, 7) is 6.87. The number of rotatable bonds is 3. The molecule has 54 valence electrons. The van der Waals surface area contributed by atoms with Crippen molar-refractivity contribution in [2.75, 3.05) is 18.5 Å². The first kappa shape index (κ1) is 11.7. The Hall–Kier alpha value is 0.949. The Morgan fingerprint density at radius 1 is 0.875 bits per heavy atom. The topological polar surface area (TPSA) is 0 Å². The summed E-state index contributed by atoms with van der Waals surface area (Å²) in [5.41, 5.74) is 0. The van der Waals surface area contributed by atoms with Crippen LogP contribution in [0.3, 0.4) is 0 Å². The van der Waals surface area contributed by atoms with E-state index in [-0.39, 0.29) is 17.1 Å². The van der Waals surface area contributed by atoms with Crippen LogP contribution in [0.1, 0.15) is 20.8 Å². The zero-order valence-electron chi connectivity index (χ0n) is 5.87. The molecule has 0 aromatic rings. The van der Waals surface area contributed by atoms with Crippen molar-refractivity contribution in [2.45, 2.75) is 20.8 Å². The first-order valence-electron chi connectivity index (χ1n) is 3.07. The molecule has 0 heterocycles. The van der Waals surface area contributed by atoms with Gasteiger partial charge in [-0.05, 0) is 18.5 Å². The fourth-order valence-corrected chi connectivity index (χ4v) is 2.01. The van der Waals surface area contributed by atoms with Crippen molar-refractivity contribution in [3.63, 3.8) is 0 Å². The van der Waals surface area contributed by atoms with E-state index in [1.807, 2.05) is 0 Å². The van der Waals surface area contributed by atoms with Crippen LogP contribution in [0.4, 0.5) is 0 Å². The predicted octanol–water partition coefficient (Wildman–Crippen LogP) is 2.53. The molecular formula is C6H15CuP+. The average Bonchev–Trinajstić information content (AvgIpc) is 1.72. The third-order valence-corrected chi connectivity index (χ3v) is 4.02. The van der Waals surface area contributed by atoms with E-state index in [2.05, 4.69) is 20.8 Å². The Balaban J connectivity index is 0. The summed E-state index contributed by atoms with van der Waals surface area (Å²) in [7, 11) is 0.446. The minimum absolute atomic E-state index is 0. The van der Waals surface area contributed by atoms with Crippen LogP contribution in [0.15, 0.2) is 0 Å². The number of hydrogen-bond acceptors (Lipinski definition) is 0. The minimum atomic E-state index is 0. The zero-order chi connectivity index (χ0) is 5.70. The molecule has 0 aliphatic rings. The molecule has 0 aliphatic heterocycles. The van der Waals surface area contributed by atoms with E-state index in [1.54, 1.807) is 0 Å². The fraction of sp³-hybridized carbons (Fsp3) is 1.00. The van der Waals surface area contributed by atoms with Crippen LogP contribution in [-0.4, -0.2) is 18.5 Å². The molecule has 2 heteroatoms. The van der Waals surface area contributed by atoms with E-state index in [4.69, 9.17) is 0 Å². The molecule has 0 N–H and O–H groups in total. The molecule has 8 heavy (non-hydrogen) atoms. The summed E-state index contributed by atoms with van der Waals surface area (Å²) in [5, 5.41) is 0. The maximum atomic E-state index is 2.29. The molecule has 0 aromatic heterocycles. The molecule has 0 fully saturated rings. The van der Waals surface area contributed by atoms with Gasteiger partial charge < -0.3 is 0 Å². The van der Waals surface area contributed by atoms with Crippen LogP contribution in [0.5, 0.6) is 0 Å². The van der Waals surface area contributed by atoms with Gasteiger partial charge >= 0.3 is 17.1 Å². The first-order chi connectivity index (χ1) is 3.35. The summed E-state index contributed by atoms with van der Waals surface area (Å²) in [4.78, 5) is 0. The molecule has 0 aromatic carbocycles. The molecule has 0 unspecified atom stereocenters. The Bertz CT molecular complexity index is 30.0. The molecule has 0 saturated carbocycles. The van der Waals surface area contributed by atoms with Gasteiger partial charge in [-0.25, -0.2) is 0 Å². The molecular weight excluding hydrogens is 167 g/mol. The van der Waals surface area contributed by atoms with Crippen molar-refractivity contribution < 1.29 is 17.1 Å². The van der Waals surface area contributed by atoms with Crippen molar-refractivity contribution in [1.29, 1.82) is 0 Å². The third-order valence-electron chi connectivity index (χ3n) is 1.34. The maximum absolute atomic E-state index is 2.29. The van der Waals surface area contributed by atoms with E-state index in [0.29, 0.717) is 7.92 Å². The molecule has 0 rings (SSSR count). The second kappa shape index (κ2) is 7.95. The largest absolute Gasteiger partial charge is 1.00 e. The van der Waals surface area contributed by atoms with Crippen LogP contribution in [0, 0.1) is 0 Å². The molecule has 0 saturated heterocycles. The predicted molar refractivity (Wildman–Crippen MR) is 38.5 cm³/mol. The quantitative estimate of drug-likeness (QED) is 0.464. The van der Waals surface area contributed by atoms with E-state index < -0.39 is 0 Å². The van der Waals surface area contributed by atoms with Gasteiger partial charge in [0.25, 0.3) is 0 Å². The van der Waals surface area contributed by atoms with E-state index in [1.165, 1.54) is 18.5 Å². The summed E-state index contributed by atoms with van der Waals surface area (Å²) in [6.07, 6.45) is 4.26. The van der Waals surface area contributed by atoms with Gasteiger partial charge in [-0.1, -0.05) is 20.8 Å². The molecule has 0 bridgehead atoms. The van der Waals surface area contributed by atoms with E-state index in [0.717, 1.165) is 0 Å². The van der Waals surface area contributed by atoms with Gasteiger partial charge in [-0.15, -0.1) is 7.92 Å². The van der Waals surface area contributed by atoms with Crippen LogP contribution in [0.2, 0.25) is 0 Å². The van der Waals surface area contributed by atoms with Gasteiger partial charge in [0, 0.05) is 0 Å². The van der Waals surface area contributed by atoms with Crippen LogP contribution >= 0.6 is 7.92 Å². The van der Waals surface area contributed by atoms with Crippen molar-refractivity contribution in [3.05, 3.63) is 0 Å². The summed E-state index contributed by atoms with van der Waals surface area (Å²) >= 11 is 0. The summed E-state index contributed by atoms with van der Waals surface area (Å²) < 4.78 is 0. The van der Waals surface area contributed by atoms with Gasteiger partial charge in [-0.3, -0.25) is 0 Å². The first-order valence-corrected chi connectivity index (χ1v) is 4.97. The van der Waals surface area contributed by atoms with Gasteiger partial charge in [0.2, 0.25) is 0 Å². The van der Waals surface area contributed by atoms with Crippen molar-refractivity contribution in [2.24, 2.45) is 0 Å². The van der Waals surface area contributed by atoms with Gasteiger partial charge in [0.05, 0.1) is 0 Å². The van der Waals surface area contributed by atoms with Crippen molar-refractivity contribution in [1.82, 2.24) is 0 Å². The molecule has 0 aliphatic carbocycles. The minimum Gasteiger partial charge on any atom is -0.108 e. The van der Waals surface area contributed by atoms with Crippen LogP contribution < -0.4 is 0 Å². The van der Waals surface area contributed by atoms with Crippen molar-refractivity contribution in [3.8, 4) is 0 Å². The van der Waals surface area contributed by atoms with Crippen LogP contribution in [-0.2, 0) is 17.1 Å². The normalized spacial score (nSPS) is 9.00. The average molecular weight is 182 g/mol. The second-order valence-corrected chi connectivity index (χ2v) is 4.86. The Labute approximate surface area is 64.7 Å². The molecule has 0 nitrogen and oxygen atoms in total. The smallest absolute Gasteiger partial charge is 0.108 e. The SMILES string of the molecule is CCP(CC)CC.[Cu+]. The fourth-order valence-electron chi connectivity index (χ4n) is 0.671. The molecule has 0 amide bonds.